The fourth-order valence-electron chi connectivity index (χ4n) is 4.79. The number of carboxylic acids is 2. The summed E-state index contributed by atoms with van der Waals surface area (Å²) < 4.78 is 38.2. The lowest BCUT2D eigenvalue weighted by molar-refractivity contribution is -0.192. The number of amides is 1. The Morgan fingerprint density at radius 1 is 1.06 bits per heavy atom. The van der Waals surface area contributed by atoms with Crippen LogP contribution in [0.2, 0.25) is 0 Å². The number of nitrogens with one attached hydrogen (secondary N) is 2. The number of aryl methyl sites for hydroxylation is 1. The van der Waals surface area contributed by atoms with Crippen LogP contribution in [0.1, 0.15) is 49.9 Å². The van der Waals surface area contributed by atoms with Gasteiger partial charge in [0.15, 0.2) is 0 Å². The fraction of sp³-hybridized carbons (Fsp3) is 0.419. The van der Waals surface area contributed by atoms with Crippen molar-refractivity contribution in [3.05, 3.63) is 82.5 Å². The van der Waals surface area contributed by atoms with Crippen LogP contribution in [-0.4, -0.2) is 68.6 Å². The highest BCUT2D eigenvalue weighted by atomic mass is 19.4. The molecule has 1 fully saturated rings. The lowest BCUT2D eigenvalue weighted by atomic mass is 9.96. The number of alkyl carbamates (subject to hydrolysis) is 1. The number of hydrogen-bond acceptors (Lipinski definition) is 9. The monoisotopic (exact) mass is 662 g/mol. The van der Waals surface area contributed by atoms with Crippen molar-refractivity contribution in [1.82, 2.24) is 19.9 Å². The molecule has 4 N–H and O–H groups in total. The van der Waals surface area contributed by atoms with Crippen LogP contribution in [0.25, 0.3) is 0 Å². The number of piperidine rings is 1. The molecule has 1 atom stereocenters. The van der Waals surface area contributed by atoms with Crippen molar-refractivity contribution in [2.75, 3.05) is 29.9 Å². The second kappa shape index (κ2) is 17.5. The first-order chi connectivity index (χ1) is 22.4. The van der Waals surface area contributed by atoms with Crippen LogP contribution in [0.3, 0.4) is 0 Å². The molecule has 13 nitrogen and oxygen atoms in total. The molecule has 1 aromatic carbocycles. The first-order valence-electron chi connectivity index (χ1n) is 14.9. The third kappa shape index (κ3) is 11.9. The minimum Gasteiger partial charge on any atom is -0.481 e. The van der Waals surface area contributed by atoms with E-state index in [4.69, 9.17) is 14.6 Å². The van der Waals surface area contributed by atoms with Gasteiger partial charge in [-0.1, -0.05) is 49.7 Å². The van der Waals surface area contributed by atoms with Crippen LogP contribution in [-0.2, 0) is 27.4 Å². The molecule has 1 aliphatic heterocycles. The van der Waals surface area contributed by atoms with Gasteiger partial charge in [0, 0.05) is 37.6 Å². The van der Waals surface area contributed by atoms with E-state index in [-0.39, 0.29) is 6.61 Å². The molecule has 47 heavy (non-hydrogen) atoms. The first kappa shape index (κ1) is 36.3. The van der Waals surface area contributed by atoms with Crippen molar-refractivity contribution < 1.29 is 42.5 Å². The summed E-state index contributed by atoms with van der Waals surface area (Å²) in [4.78, 5) is 57.0. The van der Waals surface area contributed by atoms with E-state index in [0.29, 0.717) is 18.2 Å². The fourth-order valence-corrected chi connectivity index (χ4v) is 4.79. The van der Waals surface area contributed by atoms with Crippen LogP contribution in [0.15, 0.2) is 65.7 Å². The van der Waals surface area contributed by atoms with Crippen LogP contribution in [0, 0.1) is 5.92 Å². The van der Waals surface area contributed by atoms with Gasteiger partial charge >= 0.3 is 29.9 Å². The summed E-state index contributed by atoms with van der Waals surface area (Å²) in [6, 6.07) is 14.9. The molecule has 0 bridgehead atoms. The second-order valence-corrected chi connectivity index (χ2v) is 10.7. The van der Waals surface area contributed by atoms with E-state index in [0.717, 1.165) is 55.8 Å². The number of carbonyl (C=O) groups is 3. The summed E-state index contributed by atoms with van der Waals surface area (Å²) in [5.41, 5.74) is 1.00. The summed E-state index contributed by atoms with van der Waals surface area (Å²) >= 11 is 0. The van der Waals surface area contributed by atoms with Gasteiger partial charge in [0.05, 0.1) is 6.42 Å². The Hall–Kier alpha value is -5.15. The lowest BCUT2D eigenvalue weighted by Crippen LogP contribution is -2.42. The molecule has 4 rings (SSSR count). The standard InChI is InChI=1S/C29H36N6O5.C2HF3O2/c1-2-8-23-19-35(25(17-26(36)37)32-29(39)40-20-22-9-4-3-5-10-22)28(38)33-27(23)34-15-12-21(13-16-34)18-31-24-11-6-7-14-30-24;3-2(4,5)1(6)7/h3-7,9-11,14,19,21,25H,2,8,12-13,15-18,20H2,1H3,(H,30,31)(H,32,39)(H,36,37);(H,6,7). The van der Waals surface area contributed by atoms with Gasteiger partial charge in [-0.15, -0.1) is 0 Å². The molecule has 3 heterocycles. The molecule has 0 saturated carbocycles. The van der Waals surface area contributed by atoms with Crippen molar-refractivity contribution in [3.8, 4) is 0 Å². The van der Waals surface area contributed by atoms with Gasteiger partial charge in [0.25, 0.3) is 0 Å². The predicted molar refractivity (Wildman–Crippen MR) is 165 cm³/mol. The number of halogens is 3. The van der Waals surface area contributed by atoms with E-state index >= 15 is 0 Å². The number of aliphatic carboxylic acids is 2. The second-order valence-electron chi connectivity index (χ2n) is 10.7. The van der Waals surface area contributed by atoms with Crippen molar-refractivity contribution in [3.63, 3.8) is 0 Å². The molecule has 0 radical (unpaired) electrons. The van der Waals surface area contributed by atoms with E-state index in [9.17, 15) is 32.7 Å². The van der Waals surface area contributed by atoms with Gasteiger partial charge in [-0.3, -0.25) is 9.36 Å². The highest BCUT2D eigenvalue weighted by Gasteiger charge is 2.38. The number of pyridine rings is 1. The minimum absolute atomic E-state index is 0.0208. The quantitative estimate of drug-likeness (QED) is 0.216. The number of rotatable bonds is 12. The third-order valence-corrected chi connectivity index (χ3v) is 7.12. The summed E-state index contributed by atoms with van der Waals surface area (Å²) in [6.07, 6.45) is -0.805. The molecule has 254 valence electrons. The van der Waals surface area contributed by atoms with E-state index in [1.807, 2.05) is 55.5 Å². The highest BCUT2D eigenvalue weighted by molar-refractivity contribution is 5.73. The third-order valence-electron chi connectivity index (χ3n) is 7.12. The summed E-state index contributed by atoms with van der Waals surface area (Å²) in [6.45, 7) is 4.38. The molecule has 2 aromatic heterocycles. The van der Waals surface area contributed by atoms with E-state index in [1.54, 1.807) is 12.4 Å². The number of benzene rings is 1. The van der Waals surface area contributed by atoms with E-state index in [1.165, 1.54) is 4.57 Å². The molecule has 1 saturated heterocycles. The lowest BCUT2D eigenvalue weighted by Gasteiger charge is -2.34. The Kier molecular flexibility index (Phi) is 13.5. The number of anilines is 2. The molecule has 1 aliphatic rings. The Morgan fingerprint density at radius 3 is 2.30 bits per heavy atom. The van der Waals surface area contributed by atoms with Crippen molar-refractivity contribution in [2.24, 2.45) is 5.92 Å². The Labute approximate surface area is 268 Å². The molecule has 1 amide bonds. The molecular weight excluding hydrogens is 625 g/mol. The predicted octanol–water partition coefficient (Wildman–Crippen LogP) is 4.45. The number of ether oxygens (including phenoxy) is 1. The van der Waals surface area contributed by atoms with E-state index < -0.39 is 42.5 Å². The molecule has 0 aliphatic carbocycles. The number of carbonyl (C=O) groups excluding carboxylic acids is 1. The van der Waals surface area contributed by atoms with Gasteiger partial charge < -0.3 is 30.5 Å². The van der Waals surface area contributed by atoms with E-state index in [2.05, 4.69) is 25.5 Å². The maximum atomic E-state index is 13.2. The molecule has 0 spiro atoms. The Morgan fingerprint density at radius 2 is 1.72 bits per heavy atom. The molecule has 3 aromatic rings. The number of hydrogen-bond donors (Lipinski definition) is 4. The average molecular weight is 663 g/mol. The zero-order valence-electron chi connectivity index (χ0n) is 25.7. The van der Waals surface area contributed by atoms with Crippen molar-refractivity contribution >= 4 is 29.7 Å². The summed E-state index contributed by atoms with van der Waals surface area (Å²) in [5, 5.41) is 22.5. The largest absolute Gasteiger partial charge is 0.490 e. The normalized spacial score (nSPS) is 13.9. The SMILES string of the molecule is CCCc1cn(C(CC(=O)O)NC(=O)OCc2ccccc2)c(=O)nc1N1CCC(CNc2ccccn2)CC1.O=C(O)C(F)(F)F. The highest BCUT2D eigenvalue weighted by Crippen LogP contribution is 2.26. The topological polar surface area (TPSA) is 176 Å². The van der Waals surface area contributed by atoms with Gasteiger partial charge in [-0.05, 0) is 42.9 Å². The van der Waals surface area contributed by atoms with Crippen molar-refractivity contribution in [2.45, 2.75) is 58.0 Å². The van der Waals surface area contributed by atoms with Gasteiger partial charge in [-0.25, -0.2) is 19.4 Å². The van der Waals surface area contributed by atoms with Crippen LogP contribution >= 0.6 is 0 Å². The Balaban J connectivity index is 0.000000771. The number of carboxylic acid groups (broad SMARTS) is 2. The van der Waals surface area contributed by atoms with Gasteiger partial charge in [0.1, 0.15) is 24.4 Å². The average Bonchev–Trinajstić information content (AvgIpc) is 3.04. The Bertz CT molecular complexity index is 1520. The van der Waals surface area contributed by atoms with Crippen LogP contribution in [0.5, 0.6) is 0 Å². The van der Waals surface area contributed by atoms with Gasteiger partial charge in [-0.2, -0.15) is 18.2 Å². The van der Waals surface area contributed by atoms with Crippen LogP contribution < -0.4 is 21.2 Å². The minimum atomic E-state index is -5.08. The maximum Gasteiger partial charge on any atom is 0.490 e. The molecule has 16 heteroatoms. The summed E-state index contributed by atoms with van der Waals surface area (Å²) in [7, 11) is 0. The zero-order valence-corrected chi connectivity index (χ0v) is 25.7. The maximum absolute atomic E-state index is 13.2. The first-order valence-corrected chi connectivity index (χ1v) is 14.9. The molecular formula is C31H37F3N6O7. The number of alkyl halides is 3. The zero-order chi connectivity index (χ0) is 34.4. The smallest absolute Gasteiger partial charge is 0.481 e. The summed E-state index contributed by atoms with van der Waals surface area (Å²) in [5.74, 6) is -1.97. The molecule has 1 unspecified atom stereocenters. The number of aromatic nitrogens is 3. The number of nitrogens with zero attached hydrogens (tertiary/aromatic N) is 4. The van der Waals surface area contributed by atoms with Crippen molar-refractivity contribution in [1.29, 1.82) is 0 Å². The van der Waals surface area contributed by atoms with Gasteiger partial charge in [0.2, 0.25) is 0 Å². The van der Waals surface area contributed by atoms with Crippen LogP contribution in [0.4, 0.5) is 29.6 Å².